The van der Waals surface area contributed by atoms with Gasteiger partial charge >= 0.3 is 11.9 Å². The van der Waals surface area contributed by atoms with E-state index >= 15 is 0 Å². The Kier molecular flexibility index (Phi) is 16.7. The van der Waals surface area contributed by atoms with E-state index in [1.54, 1.807) is 0 Å². The van der Waals surface area contributed by atoms with Gasteiger partial charge in [0.25, 0.3) is 0 Å². The molecule has 0 radical (unpaired) electrons. The highest BCUT2D eigenvalue weighted by molar-refractivity contribution is 5.88. The van der Waals surface area contributed by atoms with Gasteiger partial charge in [-0.3, -0.25) is 0 Å². The van der Waals surface area contributed by atoms with Crippen LogP contribution in [-0.4, -0.2) is 50.1 Å². The average Bonchev–Trinajstić information content (AvgIpc) is 2.96. The Labute approximate surface area is 237 Å². The van der Waals surface area contributed by atoms with E-state index in [0.29, 0.717) is 18.1 Å². The fraction of sp³-hybridized carbons (Fsp3) is 0.818. The van der Waals surface area contributed by atoms with Crippen LogP contribution in [0.25, 0.3) is 0 Å². The third kappa shape index (κ3) is 13.0. The summed E-state index contributed by atoms with van der Waals surface area (Å²) < 4.78 is 16.3. The summed E-state index contributed by atoms with van der Waals surface area (Å²) in [4.78, 5) is 24.4. The van der Waals surface area contributed by atoms with Gasteiger partial charge in [0, 0.05) is 12.5 Å². The molecule has 1 unspecified atom stereocenters. The van der Waals surface area contributed by atoms with Crippen LogP contribution in [-0.2, 0) is 23.8 Å². The van der Waals surface area contributed by atoms with Crippen molar-refractivity contribution in [1.82, 2.24) is 0 Å². The molecule has 224 valence electrons. The molecule has 2 saturated carbocycles. The molecule has 2 aliphatic carbocycles. The molecule has 1 atom stereocenters. The maximum absolute atomic E-state index is 12.4. The topological polar surface area (TPSA) is 82.1 Å². The van der Waals surface area contributed by atoms with Crippen molar-refractivity contribution in [1.29, 1.82) is 0 Å². The smallest absolute Gasteiger partial charge is 0.335 e. The fourth-order valence-corrected chi connectivity index (χ4v) is 6.32. The van der Waals surface area contributed by atoms with Gasteiger partial charge in [-0.2, -0.15) is 0 Å². The maximum Gasteiger partial charge on any atom is 0.335 e. The lowest BCUT2D eigenvalue weighted by molar-refractivity contribution is -0.145. The van der Waals surface area contributed by atoms with Crippen LogP contribution in [0, 0.1) is 29.6 Å². The highest BCUT2D eigenvalue weighted by atomic mass is 16.5. The van der Waals surface area contributed by atoms with Gasteiger partial charge in [-0.25, -0.2) is 9.59 Å². The predicted molar refractivity (Wildman–Crippen MR) is 156 cm³/mol. The molecule has 1 N–H and O–H groups in total. The first-order chi connectivity index (χ1) is 18.9. The number of carbonyl (C=O) groups excluding carboxylic acids is 2. The van der Waals surface area contributed by atoms with Gasteiger partial charge in [0.05, 0.1) is 37.6 Å². The standard InChI is InChI=1S/C33H56O6/c1-5-7-8-9-27-12-16-30(17-13-27)31-18-14-28(15-19-31)10-11-29(23-38-32(35)25(3)21-34)24-39-33(36)26(4)22-37-20-6-2/h27-31,34H,3-24H2,1-2H3. The number of ether oxygens (including phenoxy) is 3. The second-order valence-corrected chi connectivity index (χ2v) is 12.1. The maximum atomic E-state index is 12.4. The van der Waals surface area contributed by atoms with Gasteiger partial charge in [-0.15, -0.1) is 0 Å². The summed E-state index contributed by atoms with van der Waals surface area (Å²) in [5, 5.41) is 9.15. The highest BCUT2D eigenvalue weighted by Gasteiger charge is 2.31. The Balaban J connectivity index is 1.75. The lowest BCUT2D eigenvalue weighted by atomic mass is 9.68. The quantitative estimate of drug-likeness (QED) is 0.104. The lowest BCUT2D eigenvalue weighted by Gasteiger charge is -2.38. The number of aliphatic hydroxyl groups excluding tert-OH is 1. The van der Waals surface area contributed by atoms with Gasteiger partial charge in [-0.1, -0.05) is 78.4 Å². The summed E-state index contributed by atoms with van der Waals surface area (Å²) in [5.74, 6) is 2.28. The molecule has 2 fully saturated rings. The van der Waals surface area contributed by atoms with Gasteiger partial charge in [0.2, 0.25) is 0 Å². The van der Waals surface area contributed by atoms with Crippen molar-refractivity contribution in [3.8, 4) is 0 Å². The molecule has 0 saturated heterocycles. The minimum Gasteiger partial charge on any atom is -0.462 e. The monoisotopic (exact) mass is 548 g/mol. The first-order valence-corrected chi connectivity index (χ1v) is 15.8. The van der Waals surface area contributed by atoms with E-state index in [2.05, 4.69) is 20.1 Å². The van der Waals surface area contributed by atoms with E-state index in [-0.39, 0.29) is 31.3 Å². The van der Waals surface area contributed by atoms with E-state index in [1.807, 2.05) is 6.92 Å². The van der Waals surface area contributed by atoms with E-state index in [4.69, 9.17) is 19.3 Å². The van der Waals surface area contributed by atoms with Gasteiger partial charge < -0.3 is 19.3 Å². The molecular formula is C33H56O6. The van der Waals surface area contributed by atoms with Crippen molar-refractivity contribution in [2.45, 2.75) is 110 Å². The second-order valence-electron chi connectivity index (χ2n) is 12.1. The Bertz CT molecular complexity index is 730. The van der Waals surface area contributed by atoms with Crippen LogP contribution in [0.2, 0.25) is 0 Å². The van der Waals surface area contributed by atoms with E-state index in [9.17, 15) is 9.59 Å². The first kappa shape index (κ1) is 33.5. The largest absolute Gasteiger partial charge is 0.462 e. The van der Waals surface area contributed by atoms with E-state index in [1.165, 1.54) is 77.0 Å². The van der Waals surface area contributed by atoms with Gasteiger partial charge in [-0.05, 0) is 68.6 Å². The summed E-state index contributed by atoms with van der Waals surface area (Å²) in [6.45, 7) is 12.2. The fourth-order valence-electron chi connectivity index (χ4n) is 6.32. The van der Waals surface area contributed by atoms with Crippen LogP contribution in [0.15, 0.2) is 24.3 Å². The molecule has 2 aliphatic rings. The molecule has 0 heterocycles. The lowest BCUT2D eigenvalue weighted by Crippen LogP contribution is -2.27. The number of hydrogen-bond acceptors (Lipinski definition) is 6. The molecule has 0 aromatic heterocycles. The van der Waals surface area contributed by atoms with Crippen LogP contribution in [0.1, 0.15) is 110 Å². The number of unbranched alkanes of at least 4 members (excludes halogenated alkanes) is 2. The zero-order chi connectivity index (χ0) is 28.5. The van der Waals surface area contributed by atoms with Gasteiger partial charge in [0.1, 0.15) is 0 Å². The molecule has 39 heavy (non-hydrogen) atoms. The molecule has 6 nitrogen and oxygen atoms in total. The summed E-state index contributed by atoms with van der Waals surface area (Å²) in [6, 6.07) is 0. The van der Waals surface area contributed by atoms with E-state index in [0.717, 1.165) is 37.0 Å². The van der Waals surface area contributed by atoms with Crippen molar-refractivity contribution < 1.29 is 28.9 Å². The minimum absolute atomic E-state index is 0.0283. The summed E-state index contributed by atoms with van der Waals surface area (Å²) >= 11 is 0. The summed E-state index contributed by atoms with van der Waals surface area (Å²) in [6.07, 6.45) is 19.2. The summed E-state index contributed by atoms with van der Waals surface area (Å²) in [7, 11) is 0. The number of carbonyl (C=O) groups is 2. The summed E-state index contributed by atoms with van der Waals surface area (Å²) in [5.41, 5.74) is 0.321. The van der Waals surface area contributed by atoms with Crippen LogP contribution in [0.4, 0.5) is 0 Å². The molecule has 2 rings (SSSR count). The molecule has 0 aromatic carbocycles. The molecule has 0 aliphatic heterocycles. The Morgan fingerprint density at radius 3 is 1.82 bits per heavy atom. The Morgan fingerprint density at radius 1 is 0.769 bits per heavy atom. The van der Waals surface area contributed by atoms with Crippen LogP contribution in [0.3, 0.4) is 0 Å². The normalized spacial score (nSPS) is 24.1. The number of esters is 2. The first-order valence-electron chi connectivity index (χ1n) is 15.8. The molecular weight excluding hydrogens is 492 g/mol. The zero-order valence-electron chi connectivity index (χ0n) is 24.9. The van der Waals surface area contributed by atoms with Gasteiger partial charge in [0.15, 0.2) is 0 Å². The minimum atomic E-state index is -0.605. The Hall–Kier alpha value is -1.66. The van der Waals surface area contributed by atoms with Crippen LogP contribution in [0.5, 0.6) is 0 Å². The number of aliphatic hydroxyl groups is 1. The number of rotatable bonds is 19. The van der Waals surface area contributed by atoms with Crippen LogP contribution >= 0.6 is 0 Å². The van der Waals surface area contributed by atoms with Crippen molar-refractivity contribution in [2.75, 3.05) is 33.0 Å². The molecule has 0 spiro atoms. The predicted octanol–water partition coefficient (Wildman–Crippen LogP) is 7.19. The molecule has 0 aromatic rings. The zero-order valence-corrected chi connectivity index (χ0v) is 24.9. The molecule has 6 heteroatoms. The second kappa shape index (κ2) is 19.4. The molecule has 0 bridgehead atoms. The van der Waals surface area contributed by atoms with Crippen molar-refractivity contribution in [2.24, 2.45) is 29.6 Å². The van der Waals surface area contributed by atoms with Crippen molar-refractivity contribution in [3.63, 3.8) is 0 Å². The third-order valence-corrected chi connectivity index (χ3v) is 8.94. The molecule has 0 amide bonds. The SMILES string of the molecule is C=C(CO)C(=O)OCC(CCC1CCC(C2CCC(CCCCC)CC2)CC1)COC(=O)C(=C)COCCC. The average molecular weight is 549 g/mol. The third-order valence-electron chi connectivity index (χ3n) is 8.94. The highest BCUT2D eigenvalue weighted by Crippen LogP contribution is 2.43. The van der Waals surface area contributed by atoms with Crippen molar-refractivity contribution in [3.05, 3.63) is 24.3 Å². The van der Waals surface area contributed by atoms with Crippen molar-refractivity contribution >= 4 is 11.9 Å². The Morgan fingerprint density at radius 2 is 1.31 bits per heavy atom. The number of hydrogen-bond donors (Lipinski definition) is 1. The van der Waals surface area contributed by atoms with Crippen LogP contribution < -0.4 is 0 Å². The van der Waals surface area contributed by atoms with E-state index < -0.39 is 18.5 Å².